The molecule has 17 heavy (non-hydrogen) atoms. The third kappa shape index (κ3) is 2.58. The summed E-state index contributed by atoms with van der Waals surface area (Å²) in [6.07, 6.45) is 5.17. The first-order chi connectivity index (χ1) is 8.14. The smallest absolute Gasteiger partial charge is 0.242 e. The lowest BCUT2D eigenvalue weighted by Gasteiger charge is -2.23. The van der Waals surface area contributed by atoms with Crippen LogP contribution in [0.15, 0.2) is 6.33 Å². The number of nitrogens with one attached hydrogen (secondary N) is 1. The Kier molecular flexibility index (Phi) is 3.33. The second kappa shape index (κ2) is 4.75. The number of ether oxygens (including phenoxy) is 1. The van der Waals surface area contributed by atoms with E-state index in [4.69, 9.17) is 10.5 Å². The summed E-state index contributed by atoms with van der Waals surface area (Å²) in [5, 5.41) is 13.3. The Morgan fingerprint density at radius 3 is 2.82 bits per heavy atom. The van der Waals surface area contributed by atoms with Gasteiger partial charge in [-0.05, 0) is 12.8 Å². The van der Waals surface area contributed by atoms with Gasteiger partial charge in [-0.25, -0.2) is 4.98 Å². The van der Waals surface area contributed by atoms with Crippen molar-refractivity contribution in [3.63, 3.8) is 0 Å². The molecule has 2 rings (SSSR count). The lowest BCUT2D eigenvalue weighted by atomic mass is 10.0. The lowest BCUT2D eigenvalue weighted by Crippen LogP contribution is -2.33. The van der Waals surface area contributed by atoms with Crippen LogP contribution in [0, 0.1) is 0 Å². The molecule has 4 N–H and O–H groups in total. The SMILES string of the molecule is COc1ncnc(NCC2(O)CCCC2)c1N. The summed E-state index contributed by atoms with van der Waals surface area (Å²) in [6, 6.07) is 0. The molecule has 0 unspecified atom stereocenters. The zero-order valence-electron chi connectivity index (χ0n) is 9.94. The molecule has 0 atom stereocenters. The molecule has 1 saturated carbocycles. The molecule has 6 nitrogen and oxygen atoms in total. The Balaban J connectivity index is 2.03. The second-order valence-corrected chi connectivity index (χ2v) is 4.43. The number of nitrogens with two attached hydrogens (primary N) is 1. The van der Waals surface area contributed by atoms with Crippen molar-refractivity contribution in [1.82, 2.24) is 9.97 Å². The van der Waals surface area contributed by atoms with E-state index in [1.54, 1.807) is 0 Å². The molecule has 94 valence electrons. The van der Waals surface area contributed by atoms with Crippen molar-refractivity contribution in [3.05, 3.63) is 6.33 Å². The topological polar surface area (TPSA) is 93.3 Å². The average molecular weight is 238 g/mol. The van der Waals surface area contributed by atoms with Gasteiger partial charge in [0.2, 0.25) is 5.88 Å². The molecule has 0 aliphatic heterocycles. The average Bonchev–Trinajstić information content (AvgIpc) is 2.75. The lowest BCUT2D eigenvalue weighted by molar-refractivity contribution is 0.0614. The highest BCUT2D eigenvalue weighted by atomic mass is 16.5. The van der Waals surface area contributed by atoms with Gasteiger partial charge in [-0.2, -0.15) is 4.98 Å². The zero-order chi connectivity index (χ0) is 12.3. The van der Waals surface area contributed by atoms with Crippen LogP contribution in [-0.4, -0.2) is 34.3 Å². The molecule has 1 heterocycles. The van der Waals surface area contributed by atoms with E-state index in [1.165, 1.54) is 13.4 Å². The van der Waals surface area contributed by atoms with Crippen LogP contribution >= 0.6 is 0 Å². The molecule has 0 spiro atoms. The number of hydrogen-bond donors (Lipinski definition) is 3. The Morgan fingerprint density at radius 2 is 2.18 bits per heavy atom. The first-order valence-corrected chi connectivity index (χ1v) is 5.75. The normalized spacial score (nSPS) is 18.0. The Labute approximate surface area is 100 Å². The summed E-state index contributed by atoms with van der Waals surface area (Å²) in [4.78, 5) is 7.93. The Hall–Kier alpha value is -1.56. The van der Waals surface area contributed by atoms with Crippen LogP contribution in [0.2, 0.25) is 0 Å². The molecule has 0 aromatic carbocycles. The largest absolute Gasteiger partial charge is 0.479 e. The molecular formula is C11H18N4O2. The Morgan fingerprint density at radius 1 is 1.47 bits per heavy atom. The third-order valence-corrected chi connectivity index (χ3v) is 3.16. The van der Waals surface area contributed by atoms with Gasteiger partial charge in [-0.1, -0.05) is 12.8 Å². The predicted octanol–water partition coefficient (Wildman–Crippen LogP) is 0.784. The van der Waals surface area contributed by atoms with Crippen molar-refractivity contribution in [2.24, 2.45) is 0 Å². The van der Waals surface area contributed by atoms with E-state index in [9.17, 15) is 5.11 Å². The van der Waals surface area contributed by atoms with Crippen molar-refractivity contribution in [2.75, 3.05) is 24.7 Å². The second-order valence-electron chi connectivity index (χ2n) is 4.43. The summed E-state index contributed by atoms with van der Waals surface area (Å²) in [5.74, 6) is 0.859. The summed E-state index contributed by atoms with van der Waals surface area (Å²) in [7, 11) is 1.51. The van der Waals surface area contributed by atoms with Crippen molar-refractivity contribution < 1.29 is 9.84 Å². The molecule has 1 aromatic rings. The number of aromatic nitrogens is 2. The molecule has 0 radical (unpaired) electrons. The van der Waals surface area contributed by atoms with Crippen LogP contribution in [0.25, 0.3) is 0 Å². The first-order valence-electron chi connectivity index (χ1n) is 5.75. The van der Waals surface area contributed by atoms with Gasteiger partial charge >= 0.3 is 0 Å². The maximum atomic E-state index is 10.2. The maximum Gasteiger partial charge on any atom is 0.242 e. The quantitative estimate of drug-likeness (QED) is 0.718. The summed E-state index contributed by atoms with van der Waals surface area (Å²) in [6.45, 7) is 0.456. The zero-order valence-corrected chi connectivity index (χ0v) is 9.94. The van der Waals surface area contributed by atoms with E-state index in [0.717, 1.165) is 25.7 Å². The molecular weight excluding hydrogens is 220 g/mol. The molecule has 1 fully saturated rings. The number of nitrogen functional groups attached to an aromatic ring is 1. The van der Waals surface area contributed by atoms with Crippen LogP contribution in [0.5, 0.6) is 5.88 Å². The van der Waals surface area contributed by atoms with Gasteiger partial charge < -0.3 is 20.9 Å². The summed E-state index contributed by atoms with van der Waals surface area (Å²) < 4.78 is 5.00. The summed E-state index contributed by atoms with van der Waals surface area (Å²) >= 11 is 0. The van der Waals surface area contributed by atoms with Crippen molar-refractivity contribution in [1.29, 1.82) is 0 Å². The van der Waals surface area contributed by atoms with E-state index in [0.29, 0.717) is 23.9 Å². The van der Waals surface area contributed by atoms with Crippen LogP contribution in [0.3, 0.4) is 0 Å². The van der Waals surface area contributed by atoms with Gasteiger partial charge in [0.25, 0.3) is 0 Å². The monoisotopic (exact) mass is 238 g/mol. The van der Waals surface area contributed by atoms with E-state index in [-0.39, 0.29) is 0 Å². The highest BCUT2D eigenvalue weighted by molar-refractivity contribution is 5.66. The van der Waals surface area contributed by atoms with Crippen LogP contribution < -0.4 is 15.8 Å². The molecule has 0 saturated heterocycles. The van der Waals surface area contributed by atoms with Crippen LogP contribution in [0.1, 0.15) is 25.7 Å². The first kappa shape index (κ1) is 11.9. The minimum atomic E-state index is -0.634. The minimum absolute atomic E-state index is 0.348. The van der Waals surface area contributed by atoms with E-state index < -0.39 is 5.60 Å². The highest BCUT2D eigenvalue weighted by Gasteiger charge is 2.31. The molecule has 0 amide bonds. The number of rotatable bonds is 4. The van der Waals surface area contributed by atoms with Gasteiger partial charge in [-0.15, -0.1) is 0 Å². The molecule has 1 aromatic heterocycles. The van der Waals surface area contributed by atoms with Crippen molar-refractivity contribution >= 4 is 11.5 Å². The number of aliphatic hydroxyl groups is 1. The van der Waals surface area contributed by atoms with E-state index >= 15 is 0 Å². The molecule has 0 bridgehead atoms. The fraction of sp³-hybridized carbons (Fsp3) is 0.636. The van der Waals surface area contributed by atoms with Gasteiger partial charge in [0.1, 0.15) is 12.0 Å². The number of nitrogens with zero attached hydrogens (tertiary/aromatic N) is 2. The van der Waals surface area contributed by atoms with Gasteiger partial charge in [0.05, 0.1) is 12.7 Å². The maximum absolute atomic E-state index is 10.2. The van der Waals surface area contributed by atoms with Crippen LogP contribution in [-0.2, 0) is 0 Å². The van der Waals surface area contributed by atoms with Gasteiger partial charge in [-0.3, -0.25) is 0 Å². The van der Waals surface area contributed by atoms with E-state index in [2.05, 4.69) is 15.3 Å². The minimum Gasteiger partial charge on any atom is -0.479 e. The van der Waals surface area contributed by atoms with E-state index in [1.807, 2.05) is 0 Å². The number of methoxy groups -OCH3 is 1. The Bertz CT molecular complexity index is 391. The fourth-order valence-electron chi connectivity index (χ4n) is 2.14. The van der Waals surface area contributed by atoms with Crippen molar-refractivity contribution in [3.8, 4) is 5.88 Å². The van der Waals surface area contributed by atoms with Gasteiger partial charge in [0.15, 0.2) is 5.82 Å². The number of anilines is 2. The highest BCUT2D eigenvalue weighted by Crippen LogP contribution is 2.31. The number of hydrogen-bond acceptors (Lipinski definition) is 6. The van der Waals surface area contributed by atoms with Crippen molar-refractivity contribution in [2.45, 2.75) is 31.3 Å². The predicted molar refractivity (Wildman–Crippen MR) is 64.9 cm³/mol. The standard InChI is InChI=1S/C11H18N4O2/c1-17-10-8(12)9(14-7-15-10)13-6-11(16)4-2-3-5-11/h7,16H,2-6,12H2,1H3,(H,13,14,15). The molecule has 6 heteroatoms. The molecule has 1 aliphatic rings. The van der Waals surface area contributed by atoms with Crippen LogP contribution in [0.4, 0.5) is 11.5 Å². The third-order valence-electron chi connectivity index (χ3n) is 3.16. The van der Waals surface area contributed by atoms with Gasteiger partial charge in [0, 0.05) is 6.54 Å². The fourth-order valence-corrected chi connectivity index (χ4v) is 2.14. The molecule has 1 aliphatic carbocycles. The summed E-state index contributed by atoms with van der Waals surface area (Å²) in [5.41, 5.74) is 5.57.